The molecular formula is C12H14N2O3S. The van der Waals surface area contributed by atoms with Crippen molar-refractivity contribution in [2.24, 2.45) is 0 Å². The van der Waals surface area contributed by atoms with Gasteiger partial charge in [-0.25, -0.2) is 9.78 Å². The second kappa shape index (κ2) is 5.39. The monoisotopic (exact) mass is 266 g/mol. The van der Waals surface area contributed by atoms with Crippen LogP contribution in [0.3, 0.4) is 0 Å². The second-order valence-electron chi connectivity index (χ2n) is 4.19. The predicted octanol–water partition coefficient (Wildman–Crippen LogP) is 1.49. The smallest absolute Gasteiger partial charge is 0.338 e. The Labute approximate surface area is 109 Å². The number of pyridine rings is 1. The molecule has 0 saturated heterocycles. The van der Waals surface area contributed by atoms with Crippen LogP contribution in [0.4, 0.5) is 0 Å². The first-order valence-corrected chi connectivity index (χ1v) is 6.65. The number of carboxylic acid groups (broad SMARTS) is 1. The highest BCUT2D eigenvalue weighted by atomic mass is 32.2. The number of carbonyl (C=O) groups excluding carboxylic acids is 1. The third kappa shape index (κ3) is 3.01. The molecule has 0 spiro atoms. The molecule has 0 aliphatic heterocycles. The molecule has 1 aliphatic carbocycles. The number of nitrogens with zero attached hydrogens (tertiary/aromatic N) is 2. The Morgan fingerprint density at radius 2 is 2.28 bits per heavy atom. The van der Waals surface area contributed by atoms with Crippen molar-refractivity contribution in [3.63, 3.8) is 0 Å². The molecule has 1 aromatic heterocycles. The number of hydrogen-bond acceptors (Lipinski definition) is 4. The van der Waals surface area contributed by atoms with Gasteiger partial charge in [-0.2, -0.15) is 0 Å². The normalized spacial score (nSPS) is 14.3. The van der Waals surface area contributed by atoms with Crippen LogP contribution in [-0.2, 0) is 4.79 Å². The van der Waals surface area contributed by atoms with E-state index < -0.39 is 5.97 Å². The Balaban J connectivity index is 1.97. The average molecular weight is 266 g/mol. The van der Waals surface area contributed by atoms with E-state index in [1.54, 1.807) is 18.0 Å². The SMILES string of the molecule is CN(C(=O)CSc1ncccc1C(=O)O)C1CC1. The summed E-state index contributed by atoms with van der Waals surface area (Å²) in [5.74, 6) is -0.775. The van der Waals surface area contributed by atoms with Gasteiger partial charge >= 0.3 is 5.97 Å². The van der Waals surface area contributed by atoms with Crippen molar-refractivity contribution in [3.05, 3.63) is 23.9 Å². The maximum atomic E-state index is 11.8. The Bertz CT molecular complexity index is 474. The lowest BCUT2D eigenvalue weighted by atomic mass is 10.3. The van der Waals surface area contributed by atoms with Crippen LogP contribution in [0.5, 0.6) is 0 Å². The lowest BCUT2D eigenvalue weighted by molar-refractivity contribution is -0.127. The fraction of sp³-hybridized carbons (Fsp3) is 0.417. The third-order valence-corrected chi connectivity index (χ3v) is 3.81. The number of carboxylic acids is 1. The number of carbonyl (C=O) groups is 2. The number of rotatable bonds is 5. The van der Waals surface area contributed by atoms with Gasteiger partial charge in [0.15, 0.2) is 0 Å². The molecule has 1 aliphatic rings. The van der Waals surface area contributed by atoms with E-state index in [-0.39, 0.29) is 17.2 Å². The topological polar surface area (TPSA) is 70.5 Å². The molecule has 5 nitrogen and oxygen atoms in total. The van der Waals surface area contributed by atoms with Crippen LogP contribution < -0.4 is 0 Å². The Morgan fingerprint density at radius 3 is 2.89 bits per heavy atom. The van der Waals surface area contributed by atoms with Crippen LogP contribution in [0.25, 0.3) is 0 Å². The van der Waals surface area contributed by atoms with Gasteiger partial charge in [-0.15, -0.1) is 0 Å². The fourth-order valence-electron chi connectivity index (χ4n) is 1.57. The molecule has 6 heteroatoms. The lowest BCUT2D eigenvalue weighted by Gasteiger charge is -2.15. The highest BCUT2D eigenvalue weighted by Crippen LogP contribution is 2.27. The maximum absolute atomic E-state index is 11.8. The minimum Gasteiger partial charge on any atom is -0.478 e. The fourth-order valence-corrected chi connectivity index (χ4v) is 2.48. The second-order valence-corrected chi connectivity index (χ2v) is 5.15. The first kappa shape index (κ1) is 12.9. The van der Waals surface area contributed by atoms with Gasteiger partial charge in [-0.1, -0.05) is 11.8 Å². The van der Waals surface area contributed by atoms with E-state index in [1.807, 2.05) is 0 Å². The summed E-state index contributed by atoms with van der Waals surface area (Å²) in [6.07, 6.45) is 3.66. The largest absolute Gasteiger partial charge is 0.478 e. The first-order chi connectivity index (χ1) is 8.59. The van der Waals surface area contributed by atoms with Crippen molar-refractivity contribution in [2.75, 3.05) is 12.8 Å². The van der Waals surface area contributed by atoms with Gasteiger partial charge in [0.1, 0.15) is 5.03 Å². The van der Waals surface area contributed by atoms with Gasteiger partial charge in [0, 0.05) is 19.3 Å². The van der Waals surface area contributed by atoms with E-state index in [0.717, 1.165) is 12.8 Å². The molecule has 0 unspecified atom stereocenters. The summed E-state index contributed by atoms with van der Waals surface area (Å²) in [6, 6.07) is 3.44. The predicted molar refractivity (Wildman–Crippen MR) is 67.7 cm³/mol. The number of thioether (sulfide) groups is 1. The maximum Gasteiger partial charge on any atom is 0.338 e. The lowest BCUT2D eigenvalue weighted by Crippen LogP contribution is -2.30. The van der Waals surface area contributed by atoms with E-state index in [2.05, 4.69) is 4.98 Å². The molecule has 1 fully saturated rings. The van der Waals surface area contributed by atoms with Crippen molar-refractivity contribution in [3.8, 4) is 0 Å². The molecule has 0 bridgehead atoms. The van der Waals surface area contributed by atoms with Gasteiger partial charge in [0.25, 0.3) is 0 Å². The van der Waals surface area contributed by atoms with Crippen molar-refractivity contribution in [1.82, 2.24) is 9.88 Å². The van der Waals surface area contributed by atoms with Crippen LogP contribution in [-0.4, -0.2) is 45.7 Å². The van der Waals surface area contributed by atoms with Crippen LogP contribution in [0.2, 0.25) is 0 Å². The molecule has 96 valence electrons. The minimum atomic E-state index is -1.02. The minimum absolute atomic E-state index is 0.0180. The highest BCUT2D eigenvalue weighted by Gasteiger charge is 2.29. The van der Waals surface area contributed by atoms with Crippen molar-refractivity contribution in [1.29, 1.82) is 0 Å². The van der Waals surface area contributed by atoms with Crippen molar-refractivity contribution in [2.45, 2.75) is 23.9 Å². The molecule has 18 heavy (non-hydrogen) atoms. The number of hydrogen-bond donors (Lipinski definition) is 1. The van der Waals surface area contributed by atoms with Gasteiger partial charge < -0.3 is 10.0 Å². The highest BCUT2D eigenvalue weighted by molar-refractivity contribution is 8.00. The summed E-state index contributed by atoms with van der Waals surface area (Å²) in [4.78, 5) is 28.5. The molecule has 1 aromatic rings. The number of aromatic nitrogens is 1. The van der Waals surface area contributed by atoms with E-state index in [0.29, 0.717) is 11.1 Å². The third-order valence-electron chi connectivity index (χ3n) is 2.82. The summed E-state index contributed by atoms with van der Waals surface area (Å²) in [6.45, 7) is 0. The molecule has 1 amide bonds. The molecule has 0 aromatic carbocycles. The van der Waals surface area contributed by atoms with Gasteiger partial charge in [-0.3, -0.25) is 4.79 Å². The summed E-state index contributed by atoms with van der Waals surface area (Å²) in [5, 5.41) is 9.38. The standard InChI is InChI=1S/C12H14N2O3S/c1-14(8-4-5-8)10(15)7-18-11-9(12(16)17)3-2-6-13-11/h2-3,6,8H,4-5,7H2,1H3,(H,16,17). The molecular weight excluding hydrogens is 252 g/mol. The number of aromatic carboxylic acids is 1. The summed E-state index contributed by atoms with van der Waals surface area (Å²) < 4.78 is 0. The molecule has 1 N–H and O–H groups in total. The average Bonchev–Trinajstić information content (AvgIpc) is 3.19. The Morgan fingerprint density at radius 1 is 1.56 bits per heavy atom. The van der Waals surface area contributed by atoms with Gasteiger partial charge in [0.2, 0.25) is 5.91 Å². The molecule has 0 atom stereocenters. The summed E-state index contributed by atoms with van der Waals surface area (Å²) >= 11 is 1.17. The van der Waals surface area contributed by atoms with Crippen LogP contribution in [0, 0.1) is 0 Å². The summed E-state index contributed by atoms with van der Waals surface area (Å²) in [7, 11) is 1.79. The van der Waals surface area contributed by atoms with Crippen LogP contribution in [0.15, 0.2) is 23.4 Å². The van der Waals surface area contributed by atoms with E-state index in [4.69, 9.17) is 5.11 Å². The van der Waals surface area contributed by atoms with Gasteiger partial charge in [-0.05, 0) is 25.0 Å². The molecule has 1 saturated carbocycles. The van der Waals surface area contributed by atoms with Crippen LogP contribution in [0.1, 0.15) is 23.2 Å². The Hall–Kier alpha value is -1.56. The van der Waals surface area contributed by atoms with Crippen LogP contribution >= 0.6 is 11.8 Å². The molecule has 2 rings (SSSR count). The van der Waals surface area contributed by atoms with Crippen molar-refractivity contribution >= 4 is 23.6 Å². The quantitative estimate of drug-likeness (QED) is 0.818. The first-order valence-electron chi connectivity index (χ1n) is 5.66. The van der Waals surface area contributed by atoms with E-state index in [9.17, 15) is 9.59 Å². The Kier molecular flexibility index (Phi) is 3.86. The van der Waals surface area contributed by atoms with E-state index >= 15 is 0 Å². The zero-order valence-electron chi connectivity index (χ0n) is 10.00. The van der Waals surface area contributed by atoms with Gasteiger partial charge in [0.05, 0.1) is 11.3 Å². The summed E-state index contributed by atoms with van der Waals surface area (Å²) in [5.41, 5.74) is 0.143. The number of amides is 1. The molecule has 1 heterocycles. The molecule has 0 radical (unpaired) electrons. The zero-order chi connectivity index (χ0) is 13.1. The zero-order valence-corrected chi connectivity index (χ0v) is 10.8. The van der Waals surface area contributed by atoms with E-state index in [1.165, 1.54) is 24.0 Å². The van der Waals surface area contributed by atoms with Crippen molar-refractivity contribution < 1.29 is 14.7 Å².